The van der Waals surface area contributed by atoms with E-state index in [-0.39, 0.29) is 17.2 Å². The van der Waals surface area contributed by atoms with Gasteiger partial charge in [0, 0.05) is 18.5 Å². The van der Waals surface area contributed by atoms with Crippen molar-refractivity contribution < 1.29 is 13.3 Å². The van der Waals surface area contributed by atoms with Gasteiger partial charge in [0.2, 0.25) is 0 Å². The number of nitrogens with one attached hydrogen (secondary N) is 1. The molecule has 0 aliphatic carbocycles. The zero-order chi connectivity index (χ0) is 15.7. The molecule has 0 radical (unpaired) electrons. The second kappa shape index (κ2) is 5.04. The number of benzene rings is 1. The fraction of sp³-hybridized carbons (Fsp3) is 0. The molecule has 0 amide bonds. The number of anilines is 1. The second-order valence-corrected chi connectivity index (χ2v) is 5.71. The Morgan fingerprint density at radius 2 is 2.00 bits per heavy atom. The van der Waals surface area contributed by atoms with E-state index in [9.17, 15) is 18.5 Å². The van der Waals surface area contributed by atoms with Gasteiger partial charge in [-0.1, -0.05) is 12.1 Å². The summed E-state index contributed by atoms with van der Waals surface area (Å²) >= 11 is 0. The first-order chi connectivity index (χ1) is 10.5. The van der Waals surface area contributed by atoms with Crippen LogP contribution in [-0.4, -0.2) is 32.9 Å². The lowest BCUT2D eigenvalue weighted by Crippen LogP contribution is -2.15. The first kappa shape index (κ1) is 13.9. The quantitative estimate of drug-likeness (QED) is 0.556. The highest BCUT2D eigenvalue weighted by Crippen LogP contribution is 2.25. The van der Waals surface area contributed by atoms with Crippen LogP contribution < -0.4 is 4.72 Å². The van der Waals surface area contributed by atoms with Gasteiger partial charge in [-0.25, -0.2) is 9.50 Å². The highest BCUT2D eigenvalue weighted by atomic mass is 32.2. The lowest BCUT2D eigenvalue weighted by Gasteiger charge is -2.04. The number of aromatic nitrogens is 4. The molecule has 2 heterocycles. The van der Waals surface area contributed by atoms with Crippen LogP contribution in [0.3, 0.4) is 0 Å². The molecule has 0 bridgehead atoms. The number of fused-ring (bicyclic) bond motifs is 1. The summed E-state index contributed by atoms with van der Waals surface area (Å²) in [5.41, 5.74) is -0.535. The van der Waals surface area contributed by atoms with E-state index in [0.29, 0.717) is 0 Å². The van der Waals surface area contributed by atoms with Gasteiger partial charge >= 0.3 is 0 Å². The Hall–Kier alpha value is -3.08. The number of hydrogen-bond acceptors (Lipinski definition) is 7. The molecule has 22 heavy (non-hydrogen) atoms. The Labute approximate surface area is 123 Å². The third kappa shape index (κ3) is 2.44. The largest absolute Gasteiger partial charge is 0.299 e. The van der Waals surface area contributed by atoms with Gasteiger partial charge in [-0.2, -0.15) is 13.4 Å². The van der Waals surface area contributed by atoms with Crippen LogP contribution in [0.2, 0.25) is 0 Å². The van der Waals surface area contributed by atoms with E-state index in [1.165, 1.54) is 41.2 Å². The predicted octanol–water partition coefficient (Wildman–Crippen LogP) is 0.833. The van der Waals surface area contributed by atoms with Crippen molar-refractivity contribution >= 4 is 27.2 Å². The van der Waals surface area contributed by atoms with Crippen LogP contribution in [0.25, 0.3) is 5.78 Å². The minimum atomic E-state index is -4.17. The van der Waals surface area contributed by atoms with E-state index in [4.69, 9.17) is 0 Å². The summed E-state index contributed by atoms with van der Waals surface area (Å²) in [4.78, 5) is 17.9. The summed E-state index contributed by atoms with van der Waals surface area (Å²) in [7, 11) is -4.17. The number of nitrogens with zero attached hydrogens (tertiary/aromatic N) is 5. The van der Waals surface area contributed by atoms with Crippen LogP contribution in [0, 0.1) is 10.1 Å². The summed E-state index contributed by atoms with van der Waals surface area (Å²) < 4.78 is 27.8. The van der Waals surface area contributed by atoms with E-state index in [0.717, 1.165) is 0 Å². The van der Waals surface area contributed by atoms with Crippen molar-refractivity contribution in [3.63, 3.8) is 0 Å². The maximum Gasteiger partial charge on any atom is 0.299 e. The molecule has 0 atom stereocenters. The van der Waals surface area contributed by atoms with Crippen molar-refractivity contribution in [2.75, 3.05) is 4.72 Å². The van der Waals surface area contributed by atoms with E-state index in [2.05, 4.69) is 19.8 Å². The Morgan fingerprint density at radius 1 is 1.23 bits per heavy atom. The third-order valence-corrected chi connectivity index (χ3v) is 3.82. The maximum absolute atomic E-state index is 12.2. The zero-order valence-electron chi connectivity index (χ0n) is 10.8. The van der Waals surface area contributed by atoms with Gasteiger partial charge in [-0.3, -0.25) is 14.8 Å². The number of para-hydroxylation sites is 2. The van der Waals surface area contributed by atoms with Crippen LogP contribution in [0.4, 0.5) is 11.4 Å². The molecule has 2 aromatic heterocycles. The summed E-state index contributed by atoms with van der Waals surface area (Å²) in [6, 6.07) is 6.94. The van der Waals surface area contributed by atoms with Crippen molar-refractivity contribution in [3.8, 4) is 0 Å². The summed E-state index contributed by atoms with van der Waals surface area (Å²) in [6.07, 6.45) is 2.93. The Bertz CT molecular complexity index is 934. The molecule has 3 aromatic rings. The maximum atomic E-state index is 12.2. The molecule has 0 saturated heterocycles. The van der Waals surface area contributed by atoms with Crippen molar-refractivity contribution in [1.82, 2.24) is 19.6 Å². The van der Waals surface area contributed by atoms with Crippen LogP contribution in [0.5, 0.6) is 0 Å². The van der Waals surface area contributed by atoms with Crippen molar-refractivity contribution in [2.45, 2.75) is 5.16 Å². The Balaban J connectivity index is 2.02. The van der Waals surface area contributed by atoms with Crippen molar-refractivity contribution in [2.24, 2.45) is 0 Å². The van der Waals surface area contributed by atoms with E-state index in [1.54, 1.807) is 6.07 Å². The number of nitro benzene ring substituents is 1. The van der Waals surface area contributed by atoms with Crippen molar-refractivity contribution in [1.29, 1.82) is 0 Å². The highest BCUT2D eigenvalue weighted by Gasteiger charge is 2.24. The standard InChI is InChI=1S/C11H8N6O4S/c18-17(19)9-5-2-1-4-8(9)15-22(20,21)11-13-10-12-6-3-7-16(10)14-11/h1-7,15H. The molecule has 1 aromatic carbocycles. The number of sulfonamides is 1. The van der Waals surface area contributed by atoms with Crippen LogP contribution >= 0.6 is 0 Å². The number of nitro groups is 1. The van der Waals surface area contributed by atoms with Gasteiger partial charge < -0.3 is 0 Å². The number of hydrogen-bond donors (Lipinski definition) is 1. The molecule has 11 heteroatoms. The summed E-state index contributed by atoms with van der Waals surface area (Å²) in [5, 5.41) is 14.2. The Morgan fingerprint density at radius 3 is 2.73 bits per heavy atom. The molecule has 10 nitrogen and oxygen atoms in total. The van der Waals surface area contributed by atoms with Crippen LogP contribution in [-0.2, 0) is 10.0 Å². The lowest BCUT2D eigenvalue weighted by atomic mass is 10.3. The summed E-state index contributed by atoms with van der Waals surface area (Å²) in [5.74, 6) is 0.102. The average Bonchev–Trinajstić information content (AvgIpc) is 2.92. The predicted molar refractivity (Wildman–Crippen MR) is 74.7 cm³/mol. The van der Waals surface area contributed by atoms with Crippen LogP contribution in [0.15, 0.2) is 47.9 Å². The third-order valence-electron chi connectivity index (χ3n) is 2.68. The molecule has 112 valence electrons. The van der Waals surface area contributed by atoms with E-state index < -0.39 is 20.1 Å². The van der Waals surface area contributed by atoms with Gasteiger partial charge in [0.1, 0.15) is 5.69 Å². The van der Waals surface area contributed by atoms with Crippen molar-refractivity contribution in [3.05, 3.63) is 52.8 Å². The fourth-order valence-corrected chi connectivity index (χ4v) is 2.69. The fourth-order valence-electron chi connectivity index (χ4n) is 1.74. The van der Waals surface area contributed by atoms with Gasteiger partial charge in [0.05, 0.1) is 4.92 Å². The normalized spacial score (nSPS) is 11.5. The van der Waals surface area contributed by atoms with Gasteiger partial charge in [-0.05, 0) is 12.1 Å². The van der Waals surface area contributed by atoms with Gasteiger partial charge in [0.25, 0.3) is 26.6 Å². The minimum Gasteiger partial charge on any atom is -0.270 e. The Kier molecular flexibility index (Phi) is 3.18. The first-order valence-electron chi connectivity index (χ1n) is 5.91. The topological polar surface area (TPSA) is 132 Å². The molecule has 0 fully saturated rings. The molecule has 0 aliphatic heterocycles. The van der Waals surface area contributed by atoms with Crippen LogP contribution in [0.1, 0.15) is 0 Å². The molecule has 3 rings (SSSR count). The average molecular weight is 320 g/mol. The molecule has 0 spiro atoms. The monoisotopic (exact) mass is 320 g/mol. The highest BCUT2D eigenvalue weighted by molar-refractivity contribution is 7.92. The molecular weight excluding hydrogens is 312 g/mol. The molecule has 0 aliphatic rings. The molecule has 0 saturated carbocycles. The zero-order valence-corrected chi connectivity index (χ0v) is 11.6. The smallest absolute Gasteiger partial charge is 0.270 e. The lowest BCUT2D eigenvalue weighted by molar-refractivity contribution is -0.383. The summed E-state index contributed by atoms with van der Waals surface area (Å²) in [6.45, 7) is 0. The van der Waals surface area contributed by atoms with Gasteiger partial charge in [-0.15, -0.1) is 5.10 Å². The SMILES string of the molecule is O=[N+]([O-])c1ccccc1NS(=O)(=O)c1nc2ncccn2n1. The minimum absolute atomic E-state index is 0.102. The van der Waals surface area contributed by atoms with E-state index in [1.807, 2.05) is 0 Å². The molecule has 0 unspecified atom stereocenters. The molecular formula is C11H8N6O4S. The first-order valence-corrected chi connectivity index (χ1v) is 7.39. The molecule has 1 N–H and O–H groups in total. The second-order valence-electron chi connectivity index (χ2n) is 4.14. The van der Waals surface area contributed by atoms with Gasteiger partial charge in [0.15, 0.2) is 0 Å². The number of rotatable bonds is 4. The van der Waals surface area contributed by atoms with E-state index >= 15 is 0 Å².